The SMILES string of the molecule is CC1(C)CC2CNCC(C1)C2CCC(=O)O. The lowest BCUT2D eigenvalue weighted by Crippen LogP contribution is -2.50. The molecule has 2 unspecified atom stereocenters. The average Bonchev–Trinajstić information content (AvgIpc) is 2.13. The molecule has 1 saturated heterocycles. The van der Waals surface area contributed by atoms with E-state index in [1.807, 2.05) is 0 Å². The minimum Gasteiger partial charge on any atom is -0.481 e. The third-order valence-corrected chi connectivity index (χ3v) is 4.35. The van der Waals surface area contributed by atoms with E-state index in [0.29, 0.717) is 29.6 Å². The number of rotatable bonds is 3. The van der Waals surface area contributed by atoms with Gasteiger partial charge in [0.1, 0.15) is 0 Å². The van der Waals surface area contributed by atoms with Crippen LogP contribution in [0.15, 0.2) is 0 Å². The maximum Gasteiger partial charge on any atom is 0.303 e. The molecule has 2 bridgehead atoms. The molecule has 1 aliphatic carbocycles. The number of nitrogens with one attached hydrogen (secondary N) is 1. The van der Waals surface area contributed by atoms with Gasteiger partial charge in [0.25, 0.3) is 0 Å². The van der Waals surface area contributed by atoms with Crippen LogP contribution in [0.2, 0.25) is 0 Å². The zero-order valence-electron chi connectivity index (χ0n) is 10.3. The highest BCUT2D eigenvalue weighted by atomic mass is 16.4. The number of aliphatic carboxylic acids is 1. The maximum absolute atomic E-state index is 10.7. The summed E-state index contributed by atoms with van der Waals surface area (Å²) in [7, 11) is 0. The molecule has 2 atom stereocenters. The Kier molecular flexibility index (Phi) is 3.24. The highest BCUT2D eigenvalue weighted by Crippen LogP contribution is 2.48. The van der Waals surface area contributed by atoms with Crippen LogP contribution in [0.25, 0.3) is 0 Å². The van der Waals surface area contributed by atoms with Crippen LogP contribution in [-0.4, -0.2) is 24.2 Å². The van der Waals surface area contributed by atoms with E-state index in [0.717, 1.165) is 19.5 Å². The van der Waals surface area contributed by atoms with Gasteiger partial charge in [-0.25, -0.2) is 0 Å². The Morgan fingerprint density at radius 3 is 2.38 bits per heavy atom. The van der Waals surface area contributed by atoms with Crippen molar-refractivity contribution >= 4 is 5.97 Å². The molecule has 1 heterocycles. The first-order chi connectivity index (χ1) is 7.48. The monoisotopic (exact) mass is 225 g/mol. The summed E-state index contributed by atoms with van der Waals surface area (Å²) in [6.45, 7) is 6.88. The third kappa shape index (κ3) is 2.57. The lowest BCUT2D eigenvalue weighted by molar-refractivity contribution is -0.137. The van der Waals surface area contributed by atoms with Crippen molar-refractivity contribution in [3.8, 4) is 0 Å². The summed E-state index contributed by atoms with van der Waals surface area (Å²) in [6.07, 6.45) is 3.72. The third-order valence-electron chi connectivity index (χ3n) is 4.35. The topological polar surface area (TPSA) is 49.3 Å². The van der Waals surface area contributed by atoms with Gasteiger partial charge in [-0.1, -0.05) is 13.8 Å². The second kappa shape index (κ2) is 4.36. The van der Waals surface area contributed by atoms with Crippen LogP contribution in [0.4, 0.5) is 0 Å². The Balaban J connectivity index is 2.00. The largest absolute Gasteiger partial charge is 0.481 e. The van der Waals surface area contributed by atoms with E-state index in [1.165, 1.54) is 12.8 Å². The molecule has 2 rings (SSSR count). The van der Waals surface area contributed by atoms with E-state index in [-0.39, 0.29) is 0 Å². The van der Waals surface area contributed by atoms with Gasteiger partial charge in [-0.15, -0.1) is 0 Å². The number of hydrogen-bond acceptors (Lipinski definition) is 2. The number of carbonyl (C=O) groups is 1. The summed E-state index contributed by atoms with van der Waals surface area (Å²) in [6, 6.07) is 0. The molecular weight excluding hydrogens is 202 g/mol. The molecule has 16 heavy (non-hydrogen) atoms. The molecule has 3 heteroatoms. The van der Waals surface area contributed by atoms with Crippen molar-refractivity contribution in [2.24, 2.45) is 23.2 Å². The van der Waals surface area contributed by atoms with Gasteiger partial charge < -0.3 is 10.4 Å². The fraction of sp³-hybridized carbons (Fsp3) is 0.923. The Bertz CT molecular complexity index is 259. The highest BCUT2D eigenvalue weighted by Gasteiger charge is 2.42. The maximum atomic E-state index is 10.7. The van der Waals surface area contributed by atoms with Gasteiger partial charge >= 0.3 is 5.97 Å². The van der Waals surface area contributed by atoms with Crippen molar-refractivity contribution in [2.75, 3.05) is 13.1 Å². The molecule has 2 aliphatic rings. The Morgan fingerprint density at radius 1 is 1.31 bits per heavy atom. The van der Waals surface area contributed by atoms with E-state index in [1.54, 1.807) is 0 Å². The zero-order chi connectivity index (χ0) is 11.8. The van der Waals surface area contributed by atoms with E-state index in [9.17, 15) is 4.79 Å². The summed E-state index contributed by atoms with van der Waals surface area (Å²) in [5.74, 6) is 1.39. The van der Waals surface area contributed by atoms with Gasteiger partial charge in [0.05, 0.1) is 0 Å². The van der Waals surface area contributed by atoms with Crippen LogP contribution in [0, 0.1) is 23.2 Å². The van der Waals surface area contributed by atoms with E-state index in [2.05, 4.69) is 19.2 Å². The van der Waals surface area contributed by atoms with Gasteiger partial charge in [-0.3, -0.25) is 4.79 Å². The smallest absolute Gasteiger partial charge is 0.303 e. The van der Waals surface area contributed by atoms with Crippen LogP contribution >= 0.6 is 0 Å². The normalized spacial score (nSPS) is 37.0. The second-order valence-electron chi connectivity index (χ2n) is 6.35. The van der Waals surface area contributed by atoms with Crippen molar-refractivity contribution in [1.82, 2.24) is 5.32 Å². The van der Waals surface area contributed by atoms with Crippen molar-refractivity contribution < 1.29 is 9.90 Å². The summed E-state index contributed by atoms with van der Waals surface area (Å²) < 4.78 is 0. The van der Waals surface area contributed by atoms with Crippen molar-refractivity contribution in [2.45, 2.75) is 39.5 Å². The van der Waals surface area contributed by atoms with Crippen LogP contribution in [0.1, 0.15) is 39.5 Å². The van der Waals surface area contributed by atoms with Gasteiger partial charge in [0, 0.05) is 6.42 Å². The zero-order valence-corrected chi connectivity index (χ0v) is 10.3. The molecule has 0 amide bonds. The predicted octanol–water partition coefficient (Wildman–Crippen LogP) is 2.12. The molecule has 0 aromatic rings. The molecule has 3 nitrogen and oxygen atoms in total. The van der Waals surface area contributed by atoms with Gasteiger partial charge in [-0.2, -0.15) is 0 Å². The van der Waals surface area contributed by atoms with Crippen LogP contribution in [0.3, 0.4) is 0 Å². The summed E-state index contributed by atoms with van der Waals surface area (Å²) in [5.41, 5.74) is 0.456. The lowest BCUT2D eigenvalue weighted by Gasteiger charge is -2.49. The minimum absolute atomic E-state index is 0.345. The number of piperidine rings is 1. The lowest BCUT2D eigenvalue weighted by atomic mass is 9.59. The van der Waals surface area contributed by atoms with Crippen molar-refractivity contribution in [3.63, 3.8) is 0 Å². The van der Waals surface area contributed by atoms with Crippen LogP contribution < -0.4 is 5.32 Å². The van der Waals surface area contributed by atoms with Crippen molar-refractivity contribution in [1.29, 1.82) is 0 Å². The molecule has 92 valence electrons. The molecule has 0 aromatic carbocycles. The predicted molar refractivity (Wildman–Crippen MR) is 63.2 cm³/mol. The molecule has 0 radical (unpaired) electrons. The van der Waals surface area contributed by atoms with Crippen LogP contribution in [0.5, 0.6) is 0 Å². The first-order valence-corrected chi connectivity index (χ1v) is 6.40. The molecule has 0 spiro atoms. The number of fused-ring (bicyclic) bond motifs is 2. The molecule has 0 aromatic heterocycles. The Morgan fingerprint density at radius 2 is 1.88 bits per heavy atom. The highest BCUT2D eigenvalue weighted by molar-refractivity contribution is 5.66. The molecular formula is C13H23NO2. The molecule has 1 aliphatic heterocycles. The molecule has 2 N–H and O–H groups in total. The van der Waals surface area contributed by atoms with Gasteiger partial charge in [0.2, 0.25) is 0 Å². The van der Waals surface area contributed by atoms with E-state index < -0.39 is 5.97 Å². The average molecular weight is 225 g/mol. The van der Waals surface area contributed by atoms with Crippen LogP contribution in [-0.2, 0) is 4.79 Å². The first kappa shape index (κ1) is 11.9. The van der Waals surface area contributed by atoms with Crippen molar-refractivity contribution in [3.05, 3.63) is 0 Å². The summed E-state index contributed by atoms with van der Waals surface area (Å²) in [4.78, 5) is 10.7. The molecule has 1 saturated carbocycles. The number of carboxylic acid groups (broad SMARTS) is 1. The fourth-order valence-electron chi connectivity index (χ4n) is 3.85. The minimum atomic E-state index is -0.643. The first-order valence-electron chi connectivity index (χ1n) is 6.40. The number of carboxylic acids is 1. The van der Waals surface area contributed by atoms with Gasteiger partial charge in [-0.05, 0) is 55.5 Å². The van der Waals surface area contributed by atoms with E-state index >= 15 is 0 Å². The Hall–Kier alpha value is -0.570. The standard InChI is InChI=1S/C13H23NO2/c1-13(2)5-9-7-14-8-10(6-13)11(9)3-4-12(15)16/h9-11,14H,3-8H2,1-2H3,(H,15,16). The Labute approximate surface area is 97.6 Å². The van der Waals surface area contributed by atoms with E-state index in [4.69, 9.17) is 5.11 Å². The molecule has 2 fully saturated rings. The fourth-order valence-corrected chi connectivity index (χ4v) is 3.85. The van der Waals surface area contributed by atoms with Gasteiger partial charge in [0.15, 0.2) is 0 Å². The summed E-state index contributed by atoms with van der Waals surface area (Å²) in [5, 5.41) is 12.3. The number of hydrogen-bond donors (Lipinski definition) is 2. The summed E-state index contributed by atoms with van der Waals surface area (Å²) >= 11 is 0. The quantitative estimate of drug-likeness (QED) is 0.773. The second-order valence-corrected chi connectivity index (χ2v) is 6.35.